The van der Waals surface area contributed by atoms with Crippen LogP contribution in [0.5, 0.6) is 0 Å². The number of carbonyl (C=O) groups is 1. The molecule has 2 aromatic carbocycles. The molecule has 21 heavy (non-hydrogen) atoms. The molecule has 0 amide bonds. The molecule has 0 bridgehead atoms. The van der Waals surface area contributed by atoms with Gasteiger partial charge < -0.3 is 8.98 Å². The summed E-state index contributed by atoms with van der Waals surface area (Å²) in [4.78, 5) is 15.4. The predicted molar refractivity (Wildman–Crippen MR) is 81.3 cm³/mol. The van der Waals surface area contributed by atoms with Crippen molar-refractivity contribution in [2.75, 3.05) is 0 Å². The van der Waals surface area contributed by atoms with Gasteiger partial charge in [0.25, 0.3) is 0 Å². The van der Waals surface area contributed by atoms with Gasteiger partial charge in [-0.2, -0.15) is 0 Å². The van der Waals surface area contributed by atoms with Crippen molar-refractivity contribution in [2.45, 2.75) is 0 Å². The van der Waals surface area contributed by atoms with Crippen molar-refractivity contribution in [3.8, 4) is 11.6 Å². The summed E-state index contributed by atoms with van der Waals surface area (Å²) in [6, 6.07) is 15.7. The molecule has 0 atom stereocenters. The van der Waals surface area contributed by atoms with Crippen molar-refractivity contribution in [2.24, 2.45) is 7.05 Å². The number of aromatic nitrogens is 2. The van der Waals surface area contributed by atoms with E-state index in [2.05, 4.69) is 23.2 Å². The second-order valence-corrected chi connectivity index (χ2v) is 4.97. The first kappa shape index (κ1) is 11.9. The van der Waals surface area contributed by atoms with Crippen molar-refractivity contribution in [1.29, 1.82) is 0 Å². The third kappa shape index (κ3) is 1.69. The summed E-state index contributed by atoms with van der Waals surface area (Å²) in [5.74, 6) is 1.62. The molecule has 0 radical (unpaired) electrons. The number of hydrogen-bond acceptors (Lipinski definition) is 3. The molecule has 0 N–H and O–H groups in total. The average molecular weight is 276 g/mol. The molecule has 102 valence electrons. The largest absolute Gasteiger partial charge is 0.450 e. The number of furan rings is 1. The highest BCUT2D eigenvalue weighted by molar-refractivity contribution is 6.05. The summed E-state index contributed by atoms with van der Waals surface area (Å²) in [7, 11) is 1.96. The van der Waals surface area contributed by atoms with E-state index in [-0.39, 0.29) is 0 Å². The lowest BCUT2D eigenvalue weighted by molar-refractivity contribution is 0.110. The van der Waals surface area contributed by atoms with Crippen LogP contribution in [0.3, 0.4) is 0 Å². The summed E-state index contributed by atoms with van der Waals surface area (Å²) in [5, 5.41) is 2.32. The minimum absolute atomic E-state index is 0.307. The van der Waals surface area contributed by atoms with Crippen molar-refractivity contribution >= 4 is 28.1 Å². The molecule has 4 nitrogen and oxygen atoms in total. The van der Waals surface area contributed by atoms with Crippen LogP contribution in [0.1, 0.15) is 10.6 Å². The second-order valence-electron chi connectivity index (χ2n) is 4.97. The van der Waals surface area contributed by atoms with Gasteiger partial charge in [-0.25, -0.2) is 4.98 Å². The Morgan fingerprint density at radius 2 is 1.95 bits per heavy atom. The maximum Gasteiger partial charge on any atom is 0.185 e. The molecule has 2 heterocycles. The van der Waals surface area contributed by atoms with Gasteiger partial charge in [-0.3, -0.25) is 4.79 Å². The summed E-state index contributed by atoms with van der Waals surface area (Å²) in [6.07, 6.45) is 0.696. The minimum Gasteiger partial charge on any atom is -0.450 e. The van der Waals surface area contributed by atoms with Gasteiger partial charge in [-0.1, -0.05) is 30.3 Å². The second kappa shape index (κ2) is 4.31. The normalized spacial score (nSPS) is 11.3. The quantitative estimate of drug-likeness (QED) is 0.523. The van der Waals surface area contributed by atoms with Crippen molar-refractivity contribution in [1.82, 2.24) is 9.55 Å². The van der Waals surface area contributed by atoms with Crippen molar-refractivity contribution in [3.63, 3.8) is 0 Å². The zero-order valence-electron chi connectivity index (χ0n) is 11.4. The van der Waals surface area contributed by atoms with E-state index < -0.39 is 0 Å². The van der Waals surface area contributed by atoms with Gasteiger partial charge in [-0.15, -0.1) is 0 Å². The Kier molecular flexibility index (Phi) is 2.44. The first-order valence-corrected chi connectivity index (χ1v) is 6.67. The van der Waals surface area contributed by atoms with E-state index in [9.17, 15) is 4.79 Å². The zero-order chi connectivity index (χ0) is 14.4. The summed E-state index contributed by atoms with van der Waals surface area (Å²) in [6.45, 7) is 0. The van der Waals surface area contributed by atoms with E-state index in [1.165, 1.54) is 5.39 Å². The molecule has 0 aliphatic carbocycles. The van der Waals surface area contributed by atoms with Gasteiger partial charge in [-0.05, 0) is 23.6 Å². The fourth-order valence-electron chi connectivity index (χ4n) is 2.74. The van der Waals surface area contributed by atoms with Crippen LogP contribution in [-0.4, -0.2) is 15.8 Å². The van der Waals surface area contributed by atoms with Crippen LogP contribution in [0.25, 0.3) is 33.4 Å². The number of aldehydes is 1. The van der Waals surface area contributed by atoms with Gasteiger partial charge in [0.15, 0.2) is 23.6 Å². The molecular formula is C17H12N2O2. The average Bonchev–Trinajstić information content (AvgIpc) is 3.12. The molecule has 0 aliphatic rings. The molecule has 0 fully saturated rings. The number of imidazole rings is 1. The Balaban J connectivity index is 2.05. The van der Waals surface area contributed by atoms with Crippen molar-refractivity contribution in [3.05, 3.63) is 54.3 Å². The highest BCUT2D eigenvalue weighted by Gasteiger charge is 2.15. The van der Waals surface area contributed by atoms with Crippen LogP contribution in [0.2, 0.25) is 0 Å². The number of carbonyl (C=O) groups excluding carboxylic acids is 1. The molecule has 0 saturated heterocycles. The molecule has 4 rings (SSSR count). The van der Waals surface area contributed by atoms with E-state index in [0.29, 0.717) is 17.8 Å². The first-order chi connectivity index (χ1) is 10.3. The molecule has 0 saturated carbocycles. The fraction of sp³-hybridized carbons (Fsp3) is 0.0588. The van der Waals surface area contributed by atoms with Crippen LogP contribution in [0.15, 0.2) is 52.9 Å². The number of hydrogen-bond donors (Lipinski definition) is 0. The molecule has 0 aliphatic heterocycles. The van der Waals surface area contributed by atoms with Crippen LogP contribution in [0.4, 0.5) is 0 Å². The maximum absolute atomic E-state index is 10.8. The summed E-state index contributed by atoms with van der Waals surface area (Å²) >= 11 is 0. The monoisotopic (exact) mass is 276 g/mol. The highest BCUT2D eigenvalue weighted by atomic mass is 16.3. The lowest BCUT2D eigenvalue weighted by Crippen LogP contribution is -1.91. The van der Waals surface area contributed by atoms with Gasteiger partial charge >= 0.3 is 0 Å². The SMILES string of the molecule is Cn1c(-c2ccc(C=O)o2)nc2ccc3ccccc3c21. The molecule has 0 unspecified atom stereocenters. The van der Waals surface area contributed by atoms with E-state index >= 15 is 0 Å². The van der Waals surface area contributed by atoms with Gasteiger partial charge in [0.2, 0.25) is 0 Å². The lowest BCUT2D eigenvalue weighted by Gasteiger charge is -2.02. The maximum atomic E-state index is 10.8. The zero-order valence-corrected chi connectivity index (χ0v) is 11.4. The van der Waals surface area contributed by atoms with Crippen LogP contribution in [-0.2, 0) is 7.05 Å². The molecule has 4 heteroatoms. The number of rotatable bonds is 2. The van der Waals surface area contributed by atoms with Crippen LogP contribution in [0, 0.1) is 0 Å². The lowest BCUT2D eigenvalue weighted by atomic mass is 10.1. The molecule has 0 spiro atoms. The van der Waals surface area contributed by atoms with Crippen molar-refractivity contribution < 1.29 is 9.21 Å². The van der Waals surface area contributed by atoms with Gasteiger partial charge in [0, 0.05) is 12.4 Å². The van der Waals surface area contributed by atoms with E-state index in [1.807, 2.05) is 29.8 Å². The number of benzene rings is 2. The van der Waals surface area contributed by atoms with E-state index in [0.717, 1.165) is 22.2 Å². The third-order valence-electron chi connectivity index (χ3n) is 3.72. The highest BCUT2D eigenvalue weighted by Crippen LogP contribution is 2.30. The summed E-state index contributed by atoms with van der Waals surface area (Å²) in [5.41, 5.74) is 1.97. The number of nitrogens with zero attached hydrogens (tertiary/aromatic N) is 2. The Morgan fingerprint density at radius 1 is 1.10 bits per heavy atom. The predicted octanol–water partition coefficient (Wildman–Crippen LogP) is 3.80. The molecule has 4 aromatic rings. The Morgan fingerprint density at radius 3 is 2.76 bits per heavy atom. The smallest absolute Gasteiger partial charge is 0.185 e. The van der Waals surface area contributed by atoms with Gasteiger partial charge in [0.05, 0.1) is 11.0 Å². The Bertz CT molecular complexity index is 979. The molecule has 2 aromatic heterocycles. The van der Waals surface area contributed by atoms with Crippen LogP contribution < -0.4 is 0 Å². The first-order valence-electron chi connectivity index (χ1n) is 6.67. The molecular weight excluding hydrogens is 264 g/mol. The number of aryl methyl sites for hydroxylation is 1. The standard InChI is InChI=1S/C17H12N2O2/c1-19-16-13-5-3-2-4-11(13)6-8-14(16)18-17(19)15-9-7-12(10-20)21-15/h2-10H,1H3. The number of fused-ring (bicyclic) bond motifs is 3. The third-order valence-corrected chi connectivity index (χ3v) is 3.72. The van der Waals surface area contributed by atoms with E-state index in [1.54, 1.807) is 12.1 Å². The summed E-state index contributed by atoms with van der Waals surface area (Å²) < 4.78 is 7.49. The Labute approximate surface area is 120 Å². The fourth-order valence-corrected chi connectivity index (χ4v) is 2.74. The minimum atomic E-state index is 0.307. The Hall–Kier alpha value is -2.88. The topological polar surface area (TPSA) is 48.0 Å². The van der Waals surface area contributed by atoms with Crippen LogP contribution >= 0.6 is 0 Å². The van der Waals surface area contributed by atoms with Gasteiger partial charge in [0.1, 0.15) is 0 Å². The van der Waals surface area contributed by atoms with E-state index in [4.69, 9.17) is 4.42 Å².